The molecule has 3 heteroatoms. The van der Waals surface area contributed by atoms with Crippen molar-refractivity contribution in [1.29, 1.82) is 0 Å². The first-order valence-electron chi connectivity index (χ1n) is 2.25. The van der Waals surface area contributed by atoms with E-state index < -0.39 is 5.97 Å². The van der Waals surface area contributed by atoms with Crippen molar-refractivity contribution in [3.8, 4) is 0 Å². The Morgan fingerprint density at radius 1 is 1.25 bits per heavy atom. The number of hydrogen-bond acceptors (Lipinski definition) is 3. The van der Waals surface area contributed by atoms with Gasteiger partial charge in [-0.3, -0.25) is 0 Å². The van der Waals surface area contributed by atoms with Gasteiger partial charge in [0.1, 0.15) is 0 Å². The van der Waals surface area contributed by atoms with Gasteiger partial charge in [0.05, 0.1) is 0 Å². The normalized spacial score (nSPS) is 11.1. The molecule has 0 rings (SSSR count). The molecule has 0 aromatic rings. The Labute approximate surface area is 47.9 Å². The molecular formula is C5H10O3. The molecule has 0 bridgehead atoms. The average Bonchev–Trinajstić information content (AvgIpc) is 1.21. The molecule has 0 saturated carbocycles. The van der Waals surface area contributed by atoms with Crippen LogP contribution in [-0.4, -0.2) is 21.3 Å². The van der Waals surface area contributed by atoms with Crippen molar-refractivity contribution in [3.63, 3.8) is 0 Å². The first-order valence-corrected chi connectivity index (χ1v) is 2.25. The first-order chi connectivity index (χ1) is 3.42. The molecule has 0 aliphatic heterocycles. The van der Waals surface area contributed by atoms with Crippen LogP contribution in [0.4, 0.5) is 0 Å². The Kier molecular flexibility index (Phi) is 2.15. The van der Waals surface area contributed by atoms with E-state index in [9.17, 15) is 0 Å². The minimum Gasteiger partial charge on any atom is -0.340 e. The molecule has 3 nitrogen and oxygen atoms in total. The van der Waals surface area contributed by atoms with E-state index >= 15 is 0 Å². The molecule has 0 heterocycles. The first kappa shape index (κ1) is 7.62. The van der Waals surface area contributed by atoms with Crippen molar-refractivity contribution in [3.05, 3.63) is 11.6 Å². The van der Waals surface area contributed by atoms with Crippen LogP contribution in [0, 0.1) is 0 Å². The molecule has 0 aliphatic carbocycles. The Bertz CT molecular complexity index is 94.7. The number of rotatable bonds is 1. The molecule has 0 spiro atoms. The predicted molar refractivity (Wildman–Crippen MR) is 28.8 cm³/mol. The Morgan fingerprint density at radius 2 is 1.62 bits per heavy atom. The minimum atomic E-state index is -2.64. The summed E-state index contributed by atoms with van der Waals surface area (Å²) in [7, 11) is 0. The largest absolute Gasteiger partial charge is 0.340 e. The summed E-state index contributed by atoms with van der Waals surface area (Å²) in [5, 5.41) is 24.7. The highest BCUT2D eigenvalue weighted by molar-refractivity contribution is 4.97. The zero-order valence-corrected chi connectivity index (χ0v) is 4.92. The van der Waals surface area contributed by atoms with E-state index in [2.05, 4.69) is 0 Å². The zero-order valence-electron chi connectivity index (χ0n) is 4.92. The van der Waals surface area contributed by atoms with Crippen LogP contribution in [0.1, 0.15) is 13.8 Å². The molecule has 48 valence electrons. The third-order valence-corrected chi connectivity index (χ3v) is 0.482. The van der Waals surface area contributed by atoms with E-state index in [-0.39, 0.29) is 0 Å². The van der Waals surface area contributed by atoms with Gasteiger partial charge in [0, 0.05) is 6.08 Å². The number of hydrogen-bond donors (Lipinski definition) is 3. The molecule has 0 aliphatic rings. The maximum Gasteiger partial charge on any atom is 0.297 e. The molecule has 0 atom stereocenters. The molecule has 8 heavy (non-hydrogen) atoms. The summed E-state index contributed by atoms with van der Waals surface area (Å²) in [4.78, 5) is 0. The second-order valence-electron chi connectivity index (χ2n) is 1.91. The van der Waals surface area contributed by atoms with E-state index in [1.165, 1.54) is 0 Å². The van der Waals surface area contributed by atoms with Gasteiger partial charge in [-0.2, -0.15) is 0 Å². The summed E-state index contributed by atoms with van der Waals surface area (Å²) in [6.07, 6.45) is 0.938. The van der Waals surface area contributed by atoms with Gasteiger partial charge >= 0.3 is 0 Å². The fourth-order valence-corrected chi connectivity index (χ4v) is 0.387. The van der Waals surface area contributed by atoms with Crippen LogP contribution in [0.5, 0.6) is 0 Å². The summed E-state index contributed by atoms with van der Waals surface area (Å²) in [5.74, 6) is -2.64. The highest BCUT2D eigenvalue weighted by Crippen LogP contribution is 1.99. The molecule has 0 aromatic carbocycles. The Hall–Kier alpha value is -0.380. The number of aliphatic hydroxyl groups is 3. The van der Waals surface area contributed by atoms with Gasteiger partial charge in [-0.1, -0.05) is 5.57 Å². The van der Waals surface area contributed by atoms with Crippen LogP contribution in [-0.2, 0) is 0 Å². The third-order valence-electron chi connectivity index (χ3n) is 0.482. The SMILES string of the molecule is CC(C)=CC(O)(O)O. The van der Waals surface area contributed by atoms with E-state index in [1.54, 1.807) is 13.8 Å². The van der Waals surface area contributed by atoms with Crippen LogP contribution >= 0.6 is 0 Å². The molecular weight excluding hydrogens is 108 g/mol. The van der Waals surface area contributed by atoms with E-state index in [4.69, 9.17) is 15.3 Å². The van der Waals surface area contributed by atoms with Crippen LogP contribution in [0.2, 0.25) is 0 Å². The zero-order chi connectivity index (χ0) is 6.78. The van der Waals surface area contributed by atoms with Crippen LogP contribution in [0.25, 0.3) is 0 Å². The molecule has 3 N–H and O–H groups in total. The molecule has 0 unspecified atom stereocenters. The topological polar surface area (TPSA) is 60.7 Å². The molecule has 0 saturated heterocycles. The Morgan fingerprint density at radius 3 is 1.62 bits per heavy atom. The second-order valence-corrected chi connectivity index (χ2v) is 1.91. The molecule has 0 fully saturated rings. The smallest absolute Gasteiger partial charge is 0.297 e. The highest BCUT2D eigenvalue weighted by atomic mass is 16.7. The van der Waals surface area contributed by atoms with E-state index in [1.807, 2.05) is 0 Å². The quantitative estimate of drug-likeness (QED) is 0.324. The van der Waals surface area contributed by atoms with Gasteiger partial charge in [-0.15, -0.1) is 0 Å². The van der Waals surface area contributed by atoms with Crippen LogP contribution in [0.15, 0.2) is 11.6 Å². The average molecular weight is 118 g/mol. The van der Waals surface area contributed by atoms with Gasteiger partial charge in [-0.25, -0.2) is 0 Å². The summed E-state index contributed by atoms with van der Waals surface area (Å²) < 4.78 is 0. The van der Waals surface area contributed by atoms with Crippen LogP contribution in [0.3, 0.4) is 0 Å². The van der Waals surface area contributed by atoms with Crippen LogP contribution < -0.4 is 0 Å². The standard InChI is InChI=1S/C5H10O3/c1-4(2)3-5(6,7)8/h3,6-8H,1-2H3. The van der Waals surface area contributed by atoms with E-state index in [0.717, 1.165) is 6.08 Å². The lowest BCUT2D eigenvalue weighted by atomic mass is 10.3. The molecule has 0 aromatic heterocycles. The lowest BCUT2D eigenvalue weighted by Gasteiger charge is -2.07. The van der Waals surface area contributed by atoms with Crippen molar-refractivity contribution in [2.45, 2.75) is 19.8 Å². The maximum absolute atomic E-state index is 8.22. The summed E-state index contributed by atoms with van der Waals surface area (Å²) in [5.41, 5.74) is 0.650. The summed E-state index contributed by atoms with van der Waals surface area (Å²) in [6, 6.07) is 0. The van der Waals surface area contributed by atoms with Gasteiger partial charge < -0.3 is 15.3 Å². The van der Waals surface area contributed by atoms with E-state index in [0.29, 0.717) is 5.57 Å². The second kappa shape index (κ2) is 2.26. The number of allylic oxidation sites excluding steroid dienone is 1. The Balaban J connectivity index is 3.89. The fourth-order valence-electron chi connectivity index (χ4n) is 0.387. The highest BCUT2D eigenvalue weighted by Gasteiger charge is 2.11. The van der Waals surface area contributed by atoms with Crippen molar-refractivity contribution < 1.29 is 15.3 Å². The van der Waals surface area contributed by atoms with Crippen molar-refractivity contribution in [2.24, 2.45) is 0 Å². The lowest BCUT2D eigenvalue weighted by Crippen LogP contribution is -2.23. The minimum absolute atomic E-state index is 0.650. The maximum atomic E-state index is 8.22. The molecule has 0 radical (unpaired) electrons. The fraction of sp³-hybridized carbons (Fsp3) is 0.600. The van der Waals surface area contributed by atoms with Crippen molar-refractivity contribution >= 4 is 0 Å². The van der Waals surface area contributed by atoms with Gasteiger partial charge in [0.15, 0.2) is 0 Å². The van der Waals surface area contributed by atoms with Crippen molar-refractivity contribution in [1.82, 2.24) is 0 Å². The lowest BCUT2D eigenvalue weighted by molar-refractivity contribution is -0.273. The summed E-state index contributed by atoms with van der Waals surface area (Å²) in [6.45, 7) is 3.30. The monoisotopic (exact) mass is 118 g/mol. The third kappa shape index (κ3) is 5.62. The predicted octanol–water partition coefficient (Wildman–Crippen LogP) is -0.417. The van der Waals surface area contributed by atoms with Gasteiger partial charge in [-0.05, 0) is 13.8 Å². The van der Waals surface area contributed by atoms with Gasteiger partial charge in [0.2, 0.25) is 0 Å². The summed E-state index contributed by atoms with van der Waals surface area (Å²) >= 11 is 0. The molecule has 0 amide bonds. The van der Waals surface area contributed by atoms with Crippen molar-refractivity contribution in [2.75, 3.05) is 0 Å². The van der Waals surface area contributed by atoms with Gasteiger partial charge in [0.25, 0.3) is 5.97 Å².